The fourth-order valence-corrected chi connectivity index (χ4v) is 5.21. The number of benzene rings is 2. The second-order valence-corrected chi connectivity index (χ2v) is 9.39. The van der Waals surface area contributed by atoms with Gasteiger partial charge in [0.15, 0.2) is 5.78 Å². The average Bonchev–Trinajstić information content (AvgIpc) is 2.99. The fraction of sp³-hybridized carbons (Fsp3) is 0.346. The minimum absolute atomic E-state index is 0.233. The summed E-state index contributed by atoms with van der Waals surface area (Å²) in [4.78, 5) is 39.1. The highest BCUT2D eigenvalue weighted by molar-refractivity contribution is 7.99. The van der Waals surface area contributed by atoms with Crippen LogP contribution in [0.4, 0.5) is 0 Å². The van der Waals surface area contributed by atoms with Crippen LogP contribution < -0.4 is 0 Å². The first-order valence-corrected chi connectivity index (χ1v) is 12.1. The second kappa shape index (κ2) is 12.0. The minimum atomic E-state index is -1.26. The normalized spacial score (nSPS) is 18.2. The first-order valence-electron chi connectivity index (χ1n) is 11.3. The van der Waals surface area contributed by atoms with E-state index < -0.39 is 11.9 Å². The van der Waals surface area contributed by atoms with E-state index in [9.17, 15) is 14.4 Å². The lowest BCUT2D eigenvalue weighted by molar-refractivity contribution is -0.134. The maximum atomic E-state index is 12.3. The van der Waals surface area contributed by atoms with Gasteiger partial charge in [-0.2, -0.15) is 0 Å². The molecule has 0 saturated carbocycles. The topological polar surface area (TPSA) is 98.2 Å². The lowest BCUT2D eigenvalue weighted by atomic mass is 9.94. The van der Waals surface area contributed by atoms with E-state index in [0.717, 1.165) is 38.2 Å². The minimum Gasteiger partial charge on any atom is -0.478 e. The van der Waals surface area contributed by atoms with Crippen molar-refractivity contribution >= 4 is 29.5 Å². The molecule has 7 nitrogen and oxygen atoms in total. The smallest absolute Gasteiger partial charge is 0.328 e. The average molecular weight is 483 g/mol. The summed E-state index contributed by atoms with van der Waals surface area (Å²) in [6, 6.07) is 15.4. The number of carbonyl (C=O) groups is 3. The Morgan fingerprint density at radius 3 is 2.24 bits per heavy atom. The number of hydrogen-bond acceptors (Lipinski definition) is 6. The van der Waals surface area contributed by atoms with Crippen LogP contribution in [-0.2, 0) is 16.0 Å². The van der Waals surface area contributed by atoms with Crippen molar-refractivity contribution in [1.29, 1.82) is 0 Å². The maximum absolute atomic E-state index is 12.3. The molecule has 1 saturated heterocycles. The van der Waals surface area contributed by atoms with E-state index in [2.05, 4.69) is 53.2 Å². The van der Waals surface area contributed by atoms with E-state index in [1.807, 2.05) is 24.8 Å². The van der Waals surface area contributed by atoms with Crippen LogP contribution in [0.3, 0.4) is 0 Å². The van der Waals surface area contributed by atoms with Crippen LogP contribution in [0.1, 0.15) is 40.9 Å². The molecule has 2 aromatic carbocycles. The van der Waals surface area contributed by atoms with Crippen LogP contribution in [-0.4, -0.2) is 71.0 Å². The molecule has 2 N–H and O–H groups in total. The molecule has 0 aliphatic carbocycles. The number of Topliss-reactive ketones (excluding diaryl/α,β-unsaturated/α-hetero) is 1. The quantitative estimate of drug-likeness (QED) is 0.488. The Labute approximate surface area is 204 Å². The first kappa shape index (κ1) is 25.7. The summed E-state index contributed by atoms with van der Waals surface area (Å²) in [5.74, 6) is -2.28. The Balaban J connectivity index is 0.000000350. The highest BCUT2D eigenvalue weighted by Crippen LogP contribution is 2.43. The Bertz CT molecular complexity index is 1060. The highest BCUT2D eigenvalue weighted by atomic mass is 32.2. The monoisotopic (exact) mass is 482 g/mol. The summed E-state index contributed by atoms with van der Waals surface area (Å²) in [7, 11) is 2.20. The molecule has 0 bridgehead atoms. The Morgan fingerprint density at radius 2 is 1.62 bits per heavy atom. The summed E-state index contributed by atoms with van der Waals surface area (Å²) in [6.07, 6.45) is 2.69. The summed E-state index contributed by atoms with van der Waals surface area (Å²) >= 11 is 1.85. The van der Waals surface area contributed by atoms with Crippen LogP contribution in [0.2, 0.25) is 0 Å². The molecule has 2 aliphatic rings. The molecule has 1 atom stereocenters. The van der Waals surface area contributed by atoms with Gasteiger partial charge in [-0.3, -0.25) is 9.69 Å². The van der Waals surface area contributed by atoms with Gasteiger partial charge in [-0.05, 0) is 42.8 Å². The molecule has 2 aliphatic heterocycles. The fourth-order valence-electron chi connectivity index (χ4n) is 4.09. The first-order chi connectivity index (χ1) is 16.3. The molecular weight excluding hydrogens is 452 g/mol. The van der Waals surface area contributed by atoms with Crippen LogP contribution in [0, 0.1) is 0 Å². The Kier molecular flexibility index (Phi) is 9.04. The van der Waals surface area contributed by atoms with E-state index >= 15 is 0 Å². The zero-order valence-electron chi connectivity index (χ0n) is 19.4. The molecule has 2 heterocycles. The van der Waals surface area contributed by atoms with Crippen molar-refractivity contribution < 1.29 is 24.6 Å². The van der Waals surface area contributed by atoms with Crippen molar-refractivity contribution in [3.05, 3.63) is 71.3 Å². The number of likely N-dealkylation sites (N-methyl/N-ethyl adjacent to an activating group) is 1. The molecule has 180 valence electrons. The molecule has 34 heavy (non-hydrogen) atoms. The molecule has 1 fully saturated rings. The van der Waals surface area contributed by atoms with E-state index in [0.29, 0.717) is 24.6 Å². The van der Waals surface area contributed by atoms with Crippen molar-refractivity contribution in [3.8, 4) is 0 Å². The third-order valence-electron chi connectivity index (χ3n) is 5.96. The van der Waals surface area contributed by atoms with Crippen LogP contribution in [0.25, 0.3) is 0 Å². The van der Waals surface area contributed by atoms with Gasteiger partial charge in [0.05, 0.1) is 0 Å². The molecule has 1 unspecified atom stereocenters. The van der Waals surface area contributed by atoms with Gasteiger partial charge in [-0.25, -0.2) is 9.59 Å². The summed E-state index contributed by atoms with van der Waals surface area (Å²) in [6.45, 7) is 6.32. The third-order valence-corrected chi connectivity index (χ3v) is 7.17. The van der Waals surface area contributed by atoms with Crippen molar-refractivity contribution in [3.63, 3.8) is 0 Å². The van der Waals surface area contributed by atoms with Crippen LogP contribution in [0.5, 0.6) is 0 Å². The van der Waals surface area contributed by atoms with Gasteiger partial charge in [0.25, 0.3) is 0 Å². The van der Waals surface area contributed by atoms with Gasteiger partial charge in [-0.15, -0.1) is 0 Å². The zero-order valence-corrected chi connectivity index (χ0v) is 20.3. The Morgan fingerprint density at radius 1 is 0.971 bits per heavy atom. The van der Waals surface area contributed by atoms with Gasteiger partial charge in [0.2, 0.25) is 0 Å². The molecule has 0 spiro atoms. The lowest BCUT2D eigenvalue weighted by Crippen LogP contribution is -2.46. The number of carboxylic acid groups (broad SMARTS) is 2. The second-order valence-electron chi connectivity index (χ2n) is 8.31. The van der Waals surface area contributed by atoms with Crippen molar-refractivity contribution in [2.75, 3.05) is 33.2 Å². The van der Waals surface area contributed by atoms with Gasteiger partial charge in [-0.1, -0.05) is 43.0 Å². The number of nitrogens with zero attached hydrogens (tertiary/aromatic N) is 2. The molecule has 0 aromatic heterocycles. The van der Waals surface area contributed by atoms with E-state index in [4.69, 9.17) is 10.2 Å². The number of ketones is 1. The lowest BCUT2D eigenvalue weighted by Gasteiger charge is -2.38. The third kappa shape index (κ3) is 6.79. The molecule has 0 amide bonds. The van der Waals surface area contributed by atoms with Crippen molar-refractivity contribution in [2.24, 2.45) is 0 Å². The summed E-state index contributed by atoms with van der Waals surface area (Å²) in [5.41, 5.74) is 3.60. The largest absolute Gasteiger partial charge is 0.478 e. The van der Waals surface area contributed by atoms with E-state index in [1.54, 1.807) is 0 Å². The predicted octanol–water partition coefficient (Wildman–Crippen LogP) is 3.99. The molecular formula is C26H30N2O5S. The van der Waals surface area contributed by atoms with Crippen molar-refractivity contribution in [1.82, 2.24) is 9.80 Å². The Hall–Kier alpha value is -2.94. The number of carbonyl (C=O) groups excluding carboxylic acids is 1. The molecule has 8 heteroatoms. The standard InChI is InChI=1S/C22H26N2OS.C4H4O4/c1-3-20(25)16-8-9-22-18(14-16)19(24-12-10-23(2)11-13-24)15-17-6-4-5-7-21(17)26-22;5-3(6)1-2-4(7)8/h4-9,14,19H,3,10-13,15H2,1-2H3;1-2H,(H,5,6)(H,7,8)/b;2-1+. The predicted molar refractivity (Wildman–Crippen MR) is 132 cm³/mol. The van der Waals surface area contributed by atoms with E-state index in [-0.39, 0.29) is 5.78 Å². The number of aliphatic carboxylic acids is 2. The number of fused-ring (bicyclic) bond motifs is 2. The highest BCUT2D eigenvalue weighted by Gasteiger charge is 2.29. The summed E-state index contributed by atoms with van der Waals surface area (Å²) < 4.78 is 0. The van der Waals surface area contributed by atoms with Crippen molar-refractivity contribution in [2.45, 2.75) is 35.6 Å². The number of carboxylic acids is 2. The zero-order chi connectivity index (χ0) is 24.7. The van der Waals surface area contributed by atoms with Crippen LogP contribution >= 0.6 is 11.8 Å². The van der Waals surface area contributed by atoms with E-state index in [1.165, 1.54) is 20.9 Å². The molecule has 2 aromatic rings. The van der Waals surface area contributed by atoms with Crippen LogP contribution in [0.15, 0.2) is 64.4 Å². The van der Waals surface area contributed by atoms with Gasteiger partial charge >= 0.3 is 11.9 Å². The number of hydrogen-bond donors (Lipinski definition) is 2. The SMILES string of the molecule is CCC(=O)c1ccc2c(c1)C(N1CCN(C)CC1)Cc1ccccc1S2.O=C(O)/C=C/C(=O)O. The van der Waals surface area contributed by atoms with Gasteiger partial charge in [0.1, 0.15) is 0 Å². The molecule has 0 radical (unpaired) electrons. The van der Waals surface area contributed by atoms with Gasteiger partial charge < -0.3 is 15.1 Å². The maximum Gasteiger partial charge on any atom is 0.328 e. The van der Waals surface area contributed by atoms with Gasteiger partial charge in [0, 0.05) is 66.1 Å². The number of piperazine rings is 1. The molecule has 4 rings (SSSR count). The summed E-state index contributed by atoms with van der Waals surface area (Å²) in [5, 5.41) is 15.6. The number of rotatable bonds is 5.